The third-order valence-electron chi connectivity index (χ3n) is 2.04. The Morgan fingerprint density at radius 3 is 2.72 bits per heavy atom. The molecule has 0 radical (unpaired) electrons. The summed E-state index contributed by atoms with van der Waals surface area (Å²) >= 11 is 4.85. The summed E-state index contributed by atoms with van der Waals surface area (Å²) in [5.74, 6) is 0.367. The Balaban J connectivity index is 2.39. The summed E-state index contributed by atoms with van der Waals surface area (Å²) in [6.07, 6.45) is 3.39. The Morgan fingerprint density at radius 2 is 2.17 bits per heavy atom. The van der Waals surface area contributed by atoms with Gasteiger partial charge in [-0.05, 0) is 35.8 Å². The van der Waals surface area contributed by atoms with Gasteiger partial charge in [-0.1, -0.05) is 0 Å². The Kier molecular flexibility index (Phi) is 3.94. The Bertz CT molecular complexity index is 604. The number of ether oxygens (including phenoxy) is 1. The normalized spacial score (nSPS) is 10.4. The van der Waals surface area contributed by atoms with Crippen LogP contribution in [0.4, 0.5) is 0 Å². The van der Waals surface area contributed by atoms with E-state index in [4.69, 9.17) is 10.00 Å². The first kappa shape index (κ1) is 13.0. The topological polar surface area (TPSA) is 58.8 Å². The van der Waals surface area contributed by atoms with E-state index < -0.39 is 0 Å². The van der Waals surface area contributed by atoms with Crippen LogP contribution in [0.1, 0.15) is 19.4 Å². The summed E-state index contributed by atoms with van der Waals surface area (Å²) in [5.41, 5.74) is 1.24. The maximum Gasteiger partial charge on any atom is 0.231 e. The fourth-order valence-electron chi connectivity index (χ4n) is 1.35. The van der Waals surface area contributed by atoms with Gasteiger partial charge >= 0.3 is 0 Å². The standard InChI is InChI=1S/C12H10BrN3OS/c1-7(2)17-11-8(4-14)3-9(5-15-11)12-16-6-10(13)18-12/h3,5-7H,1-2H3. The first-order valence-electron chi connectivity index (χ1n) is 5.28. The molecule has 0 aliphatic carbocycles. The Morgan fingerprint density at radius 1 is 1.39 bits per heavy atom. The summed E-state index contributed by atoms with van der Waals surface area (Å²) in [7, 11) is 0. The van der Waals surface area contributed by atoms with E-state index in [1.54, 1.807) is 18.5 Å². The smallest absolute Gasteiger partial charge is 0.231 e. The molecule has 2 aromatic heterocycles. The fourth-order valence-corrected chi connectivity index (χ4v) is 2.54. The van der Waals surface area contributed by atoms with Gasteiger partial charge in [-0.25, -0.2) is 9.97 Å². The molecular weight excluding hydrogens is 314 g/mol. The molecule has 18 heavy (non-hydrogen) atoms. The van der Waals surface area contributed by atoms with E-state index in [1.807, 2.05) is 13.8 Å². The highest BCUT2D eigenvalue weighted by atomic mass is 79.9. The highest BCUT2D eigenvalue weighted by molar-refractivity contribution is 9.11. The summed E-state index contributed by atoms with van der Waals surface area (Å²) in [6, 6.07) is 3.84. The van der Waals surface area contributed by atoms with Gasteiger partial charge in [0.25, 0.3) is 0 Å². The molecule has 6 heteroatoms. The van der Waals surface area contributed by atoms with Crippen molar-refractivity contribution in [3.05, 3.63) is 27.8 Å². The number of hydrogen-bond donors (Lipinski definition) is 0. The molecule has 4 nitrogen and oxygen atoms in total. The van der Waals surface area contributed by atoms with Crippen LogP contribution in [0, 0.1) is 11.3 Å². The van der Waals surface area contributed by atoms with E-state index in [0.717, 1.165) is 14.4 Å². The van der Waals surface area contributed by atoms with Gasteiger partial charge in [0.1, 0.15) is 16.6 Å². The minimum absolute atomic E-state index is 0.00976. The maximum absolute atomic E-state index is 9.11. The predicted octanol–water partition coefficient (Wildman–Crippen LogP) is 3.63. The molecule has 0 saturated carbocycles. The third-order valence-corrected chi connectivity index (χ3v) is 3.57. The fraction of sp³-hybridized carbons (Fsp3) is 0.250. The number of nitriles is 1. The minimum atomic E-state index is -0.00976. The molecular formula is C12H10BrN3OS. The van der Waals surface area contributed by atoms with Crippen molar-refractivity contribution >= 4 is 27.3 Å². The second-order valence-corrected chi connectivity index (χ2v) is 6.23. The number of hydrogen-bond acceptors (Lipinski definition) is 5. The lowest BCUT2D eigenvalue weighted by molar-refractivity contribution is 0.232. The van der Waals surface area contributed by atoms with Gasteiger partial charge in [-0.3, -0.25) is 0 Å². The largest absolute Gasteiger partial charge is 0.474 e. The number of halogens is 1. The van der Waals surface area contributed by atoms with Gasteiger partial charge in [0.05, 0.1) is 16.1 Å². The van der Waals surface area contributed by atoms with Gasteiger partial charge in [0.2, 0.25) is 5.88 Å². The van der Waals surface area contributed by atoms with Crippen LogP contribution in [0.2, 0.25) is 0 Å². The number of nitrogens with zero attached hydrogens (tertiary/aromatic N) is 3. The van der Waals surface area contributed by atoms with E-state index in [-0.39, 0.29) is 6.10 Å². The summed E-state index contributed by atoms with van der Waals surface area (Å²) < 4.78 is 6.42. The second kappa shape index (κ2) is 5.46. The molecule has 0 atom stereocenters. The lowest BCUT2D eigenvalue weighted by Gasteiger charge is -2.10. The second-order valence-electron chi connectivity index (χ2n) is 3.82. The molecule has 0 saturated heterocycles. The zero-order valence-corrected chi connectivity index (χ0v) is 12.2. The number of aromatic nitrogens is 2. The van der Waals surface area contributed by atoms with Gasteiger partial charge in [-0.15, -0.1) is 11.3 Å². The predicted molar refractivity (Wildman–Crippen MR) is 73.5 cm³/mol. The lowest BCUT2D eigenvalue weighted by Crippen LogP contribution is -2.08. The highest BCUT2D eigenvalue weighted by Gasteiger charge is 2.11. The number of thiazole rings is 1. The van der Waals surface area contributed by atoms with Crippen molar-refractivity contribution in [1.82, 2.24) is 9.97 Å². The average molecular weight is 324 g/mol. The van der Waals surface area contributed by atoms with Crippen LogP contribution in [-0.4, -0.2) is 16.1 Å². The van der Waals surface area contributed by atoms with Crippen molar-refractivity contribution in [3.63, 3.8) is 0 Å². The van der Waals surface area contributed by atoms with E-state index >= 15 is 0 Å². The molecule has 0 unspecified atom stereocenters. The average Bonchev–Trinajstić information content (AvgIpc) is 2.75. The molecule has 92 valence electrons. The number of rotatable bonds is 3. The molecule has 0 amide bonds. The van der Waals surface area contributed by atoms with Gasteiger partial charge in [0.15, 0.2) is 0 Å². The molecule has 0 fully saturated rings. The van der Waals surface area contributed by atoms with Crippen molar-refractivity contribution in [2.24, 2.45) is 0 Å². The van der Waals surface area contributed by atoms with Crippen molar-refractivity contribution in [2.75, 3.05) is 0 Å². The lowest BCUT2D eigenvalue weighted by atomic mass is 10.2. The highest BCUT2D eigenvalue weighted by Crippen LogP contribution is 2.30. The number of pyridine rings is 1. The van der Waals surface area contributed by atoms with Crippen LogP contribution < -0.4 is 4.74 Å². The first-order chi connectivity index (χ1) is 8.60. The zero-order valence-electron chi connectivity index (χ0n) is 9.85. The molecule has 2 aromatic rings. The van der Waals surface area contributed by atoms with Crippen LogP contribution >= 0.6 is 27.3 Å². The van der Waals surface area contributed by atoms with Crippen molar-refractivity contribution in [1.29, 1.82) is 5.26 Å². The molecule has 0 aliphatic rings. The Hall–Kier alpha value is -1.45. The zero-order chi connectivity index (χ0) is 13.1. The monoisotopic (exact) mass is 323 g/mol. The molecule has 2 heterocycles. The summed E-state index contributed by atoms with van der Waals surface area (Å²) in [5, 5.41) is 9.93. The first-order valence-corrected chi connectivity index (χ1v) is 6.89. The Labute approximate surface area is 117 Å². The van der Waals surface area contributed by atoms with Crippen molar-refractivity contribution in [2.45, 2.75) is 20.0 Å². The van der Waals surface area contributed by atoms with E-state index in [2.05, 4.69) is 32.0 Å². The van der Waals surface area contributed by atoms with Crippen LogP contribution in [0.15, 0.2) is 22.2 Å². The van der Waals surface area contributed by atoms with E-state index in [1.165, 1.54) is 11.3 Å². The summed E-state index contributed by atoms with van der Waals surface area (Å²) in [4.78, 5) is 8.42. The quantitative estimate of drug-likeness (QED) is 0.865. The molecule has 2 rings (SSSR count). The molecule has 0 aromatic carbocycles. The van der Waals surface area contributed by atoms with Gasteiger partial charge in [0, 0.05) is 11.8 Å². The van der Waals surface area contributed by atoms with Gasteiger partial charge in [-0.2, -0.15) is 5.26 Å². The van der Waals surface area contributed by atoms with Gasteiger partial charge < -0.3 is 4.74 Å². The van der Waals surface area contributed by atoms with E-state index in [9.17, 15) is 0 Å². The van der Waals surface area contributed by atoms with Crippen LogP contribution in [0.5, 0.6) is 5.88 Å². The van der Waals surface area contributed by atoms with E-state index in [0.29, 0.717) is 11.4 Å². The SMILES string of the molecule is CC(C)Oc1ncc(-c2ncc(Br)s2)cc1C#N. The minimum Gasteiger partial charge on any atom is -0.474 e. The maximum atomic E-state index is 9.11. The van der Waals surface area contributed by atoms with Crippen molar-refractivity contribution in [3.8, 4) is 22.5 Å². The van der Waals surface area contributed by atoms with Crippen molar-refractivity contribution < 1.29 is 4.74 Å². The third kappa shape index (κ3) is 2.86. The van der Waals surface area contributed by atoms with Crippen LogP contribution in [-0.2, 0) is 0 Å². The molecule has 0 bridgehead atoms. The molecule has 0 aliphatic heterocycles. The molecule has 0 spiro atoms. The molecule has 0 N–H and O–H groups in total. The van der Waals surface area contributed by atoms with Crippen LogP contribution in [0.3, 0.4) is 0 Å². The summed E-state index contributed by atoms with van der Waals surface area (Å²) in [6.45, 7) is 3.80. The van der Waals surface area contributed by atoms with Crippen LogP contribution in [0.25, 0.3) is 10.6 Å².